The first-order valence-corrected chi connectivity index (χ1v) is 12.4. The van der Waals surface area contributed by atoms with E-state index in [-0.39, 0.29) is 5.54 Å². The van der Waals surface area contributed by atoms with Gasteiger partial charge in [-0.25, -0.2) is 0 Å². The topological polar surface area (TPSA) is 26.7 Å². The number of phenols is 1. The van der Waals surface area contributed by atoms with Crippen LogP contribution in [0, 0.1) is 5.92 Å². The van der Waals surface area contributed by atoms with Gasteiger partial charge in [0.05, 0.1) is 0 Å². The first-order valence-electron chi connectivity index (χ1n) is 12.4. The smallest absolute Gasteiger partial charge is 0.115 e. The van der Waals surface area contributed by atoms with E-state index in [0.717, 1.165) is 25.6 Å². The molecule has 0 atom stereocenters. The van der Waals surface area contributed by atoms with Crippen LogP contribution >= 0.6 is 0 Å². The summed E-state index contributed by atoms with van der Waals surface area (Å²) in [6.45, 7) is 9.57. The minimum atomic E-state index is 0.0516. The molecule has 3 rings (SSSR count). The van der Waals surface area contributed by atoms with Crippen LogP contribution in [0.4, 0.5) is 0 Å². The van der Waals surface area contributed by atoms with Crippen LogP contribution in [-0.2, 0) is 5.54 Å². The molecule has 0 aliphatic heterocycles. The van der Waals surface area contributed by atoms with Crippen LogP contribution in [0.5, 0.6) is 5.75 Å². The molecule has 0 aromatic heterocycles. The average Bonchev–Trinajstić information content (AvgIpc) is 2.78. The molecule has 0 spiro atoms. The van der Waals surface area contributed by atoms with Crippen LogP contribution in [0.15, 0.2) is 36.9 Å². The molecule has 30 heavy (non-hydrogen) atoms. The van der Waals surface area contributed by atoms with Crippen molar-refractivity contribution in [3.63, 3.8) is 0 Å². The molecule has 3 nitrogen and oxygen atoms in total. The minimum Gasteiger partial charge on any atom is -0.508 e. The number of benzene rings is 1. The summed E-state index contributed by atoms with van der Waals surface area (Å²) in [5.41, 5.74) is 1.36. The molecular weight excluding hydrogens is 368 g/mol. The van der Waals surface area contributed by atoms with E-state index in [1.165, 1.54) is 76.2 Å². The van der Waals surface area contributed by atoms with Gasteiger partial charge in [0.2, 0.25) is 0 Å². The van der Waals surface area contributed by atoms with Crippen molar-refractivity contribution in [1.82, 2.24) is 9.80 Å². The van der Waals surface area contributed by atoms with Gasteiger partial charge in [-0.2, -0.15) is 0 Å². The lowest BCUT2D eigenvalue weighted by Gasteiger charge is -2.49. The zero-order valence-corrected chi connectivity index (χ0v) is 19.5. The number of hydrogen-bond donors (Lipinski definition) is 1. The van der Waals surface area contributed by atoms with E-state index >= 15 is 0 Å². The maximum atomic E-state index is 10.2. The van der Waals surface area contributed by atoms with Gasteiger partial charge < -0.3 is 5.11 Å². The fraction of sp³-hybridized carbons (Fsp3) is 0.704. The van der Waals surface area contributed by atoms with E-state index < -0.39 is 0 Å². The Morgan fingerprint density at radius 2 is 1.83 bits per heavy atom. The first-order chi connectivity index (χ1) is 14.6. The predicted molar refractivity (Wildman–Crippen MR) is 128 cm³/mol. The summed E-state index contributed by atoms with van der Waals surface area (Å²) in [6.07, 6.45) is 16.5. The van der Waals surface area contributed by atoms with E-state index in [2.05, 4.69) is 42.5 Å². The molecule has 1 aromatic rings. The summed E-state index contributed by atoms with van der Waals surface area (Å²) < 4.78 is 0. The lowest BCUT2D eigenvalue weighted by atomic mass is 9.73. The molecule has 0 saturated heterocycles. The molecule has 2 aliphatic rings. The number of hydrogen-bond acceptors (Lipinski definition) is 3. The Kier molecular flexibility index (Phi) is 8.83. The molecule has 0 heterocycles. The average molecular weight is 413 g/mol. The van der Waals surface area contributed by atoms with E-state index in [9.17, 15) is 5.11 Å². The van der Waals surface area contributed by atoms with Gasteiger partial charge in [-0.15, -0.1) is 6.58 Å². The molecular formula is C27H44N2O. The zero-order valence-electron chi connectivity index (χ0n) is 19.5. The summed E-state index contributed by atoms with van der Waals surface area (Å²) in [5.74, 6) is 1.31. The monoisotopic (exact) mass is 412 g/mol. The molecule has 2 saturated carbocycles. The molecule has 0 unspecified atom stereocenters. The molecule has 3 heteroatoms. The highest BCUT2D eigenvalue weighted by Crippen LogP contribution is 2.44. The Bertz CT molecular complexity index is 644. The maximum Gasteiger partial charge on any atom is 0.115 e. The van der Waals surface area contributed by atoms with Crippen molar-refractivity contribution in [2.75, 3.05) is 26.7 Å². The van der Waals surface area contributed by atoms with Crippen molar-refractivity contribution in [2.24, 2.45) is 5.92 Å². The zero-order chi connectivity index (χ0) is 21.4. The fourth-order valence-corrected chi connectivity index (χ4v) is 6.07. The summed E-state index contributed by atoms with van der Waals surface area (Å²) in [6, 6.07) is 8.74. The quantitative estimate of drug-likeness (QED) is 0.455. The standard InChI is InChI=1S/C27H44N2O/c1-4-19-29(20-5-2)25-14-17-27(18-15-25,24-12-9-13-26(30)22-24)28(3)21-16-23-10-7-6-8-11-23/h4,9,12-13,22-23,25,30H,1,5-8,10-11,14-21H2,2-3H3. The van der Waals surface area contributed by atoms with Crippen LogP contribution in [0.3, 0.4) is 0 Å². The van der Waals surface area contributed by atoms with Crippen molar-refractivity contribution >= 4 is 0 Å². The van der Waals surface area contributed by atoms with E-state index in [1.807, 2.05) is 12.1 Å². The van der Waals surface area contributed by atoms with Crippen LogP contribution in [0.25, 0.3) is 0 Å². The summed E-state index contributed by atoms with van der Waals surface area (Å²) in [5, 5.41) is 10.2. The Morgan fingerprint density at radius 1 is 1.10 bits per heavy atom. The number of nitrogens with zero attached hydrogens (tertiary/aromatic N) is 2. The lowest BCUT2D eigenvalue weighted by molar-refractivity contribution is 0.0315. The number of phenolic OH excluding ortho intramolecular Hbond substituents is 1. The second-order valence-electron chi connectivity index (χ2n) is 9.81. The van der Waals surface area contributed by atoms with Crippen LogP contribution in [0.1, 0.15) is 83.1 Å². The van der Waals surface area contributed by atoms with Gasteiger partial charge in [-0.3, -0.25) is 9.80 Å². The molecule has 0 radical (unpaired) electrons. The van der Waals surface area contributed by atoms with Gasteiger partial charge in [0.1, 0.15) is 5.75 Å². The highest BCUT2D eigenvalue weighted by atomic mass is 16.3. The van der Waals surface area contributed by atoms with Gasteiger partial charge >= 0.3 is 0 Å². The third kappa shape index (κ3) is 5.68. The highest BCUT2D eigenvalue weighted by molar-refractivity contribution is 5.33. The molecule has 1 aromatic carbocycles. The van der Waals surface area contributed by atoms with Gasteiger partial charge in [0, 0.05) is 18.1 Å². The third-order valence-electron chi connectivity index (χ3n) is 7.88. The minimum absolute atomic E-state index is 0.0516. The van der Waals surface area contributed by atoms with Crippen molar-refractivity contribution in [1.29, 1.82) is 0 Å². The maximum absolute atomic E-state index is 10.2. The van der Waals surface area contributed by atoms with Gasteiger partial charge in [0.25, 0.3) is 0 Å². The molecule has 2 aliphatic carbocycles. The predicted octanol–water partition coefficient (Wildman–Crippen LogP) is 6.33. The largest absolute Gasteiger partial charge is 0.508 e. The summed E-state index contributed by atoms with van der Waals surface area (Å²) in [4.78, 5) is 5.27. The first kappa shape index (κ1) is 23.3. The normalized spacial score (nSPS) is 25.7. The molecule has 1 N–H and O–H groups in total. The Labute approximate surface area is 185 Å². The van der Waals surface area contributed by atoms with E-state index in [1.54, 1.807) is 6.07 Å². The molecule has 2 fully saturated rings. The summed E-state index contributed by atoms with van der Waals surface area (Å²) >= 11 is 0. The van der Waals surface area contributed by atoms with Gasteiger partial charge in [0.15, 0.2) is 0 Å². The number of aromatic hydroxyl groups is 1. The Hall–Kier alpha value is -1.32. The Balaban J connectivity index is 1.73. The van der Waals surface area contributed by atoms with Crippen LogP contribution < -0.4 is 0 Å². The molecule has 0 bridgehead atoms. The van der Waals surface area contributed by atoms with Crippen molar-refractivity contribution < 1.29 is 5.11 Å². The lowest BCUT2D eigenvalue weighted by Crippen LogP contribution is -2.50. The third-order valence-corrected chi connectivity index (χ3v) is 7.88. The fourth-order valence-electron chi connectivity index (χ4n) is 6.07. The van der Waals surface area contributed by atoms with Crippen molar-refractivity contribution in [2.45, 2.75) is 89.1 Å². The second kappa shape index (κ2) is 11.3. The van der Waals surface area contributed by atoms with Gasteiger partial charge in [-0.1, -0.05) is 57.2 Å². The molecule has 0 amide bonds. The van der Waals surface area contributed by atoms with Crippen molar-refractivity contribution in [3.8, 4) is 5.75 Å². The van der Waals surface area contributed by atoms with Crippen LogP contribution in [0.2, 0.25) is 0 Å². The SMILES string of the molecule is C=CCN(CCC)C1CCC(c2cccc(O)c2)(N(C)CCC2CCCCC2)CC1. The van der Waals surface area contributed by atoms with Gasteiger partial charge in [-0.05, 0) is 82.3 Å². The van der Waals surface area contributed by atoms with Crippen molar-refractivity contribution in [3.05, 3.63) is 42.5 Å². The van der Waals surface area contributed by atoms with E-state index in [4.69, 9.17) is 0 Å². The summed E-state index contributed by atoms with van der Waals surface area (Å²) in [7, 11) is 2.33. The van der Waals surface area contributed by atoms with Crippen LogP contribution in [-0.4, -0.2) is 47.6 Å². The number of rotatable bonds is 10. The second-order valence-corrected chi connectivity index (χ2v) is 9.81. The highest BCUT2D eigenvalue weighted by Gasteiger charge is 2.41. The van der Waals surface area contributed by atoms with E-state index in [0.29, 0.717) is 11.8 Å². The Morgan fingerprint density at radius 3 is 2.47 bits per heavy atom. The molecule has 168 valence electrons.